The van der Waals surface area contributed by atoms with Crippen LogP contribution in [0.4, 0.5) is 0 Å². The molecule has 0 aliphatic carbocycles. The van der Waals surface area contributed by atoms with Gasteiger partial charge in [0.05, 0.1) is 11.2 Å². The van der Waals surface area contributed by atoms with Crippen molar-refractivity contribution in [1.82, 2.24) is 15.4 Å². The monoisotopic (exact) mass is 191 g/mol. The molecule has 1 aromatic carbocycles. The first-order chi connectivity index (χ1) is 6.38. The van der Waals surface area contributed by atoms with E-state index in [9.17, 15) is 0 Å². The lowest BCUT2D eigenvalue weighted by atomic mass is 10.1. The fourth-order valence-corrected chi connectivity index (χ4v) is 1.24. The van der Waals surface area contributed by atoms with E-state index in [4.69, 9.17) is 11.6 Å². The van der Waals surface area contributed by atoms with Gasteiger partial charge in [-0.25, -0.2) is 0 Å². The van der Waals surface area contributed by atoms with Crippen molar-refractivity contribution >= 4 is 11.6 Å². The molecule has 0 saturated carbocycles. The Bertz CT molecular complexity index is 403. The van der Waals surface area contributed by atoms with Crippen LogP contribution in [0, 0.1) is 0 Å². The topological polar surface area (TPSA) is 38.7 Å². The first-order valence-corrected chi connectivity index (χ1v) is 4.15. The van der Waals surface area contributed by atoms with Gasteiger partial charge in [0.2, 0.25) is 0 Å². The summed E-state index contributed by atoms with van der Waals surface area (Å²) in [7, 11) is 0. The van der Waals surface area contributed by atoms with Gasteiger partial charge in [-0.15, -0.1) is 10.2 Å². The maximum Gasteiger partial charge on any atom is 0.115 e. The molecule has 0 bridgehead atoms. The number of hydrogen-bond donors (Lipinski definition) is 0. The molecule has 3 nitrogen and oxygen atoms in total. The van der Waals surface area contributed by atoms with Crippen LogP contribution in [0.2, 0.25) is 5.02 Å². The van der Waals surface area contributed by atoms with Crippen molar-refractivity contribution in [2.24, 2.45) is 0 Å². The van der Waals surface area contributed by atoms with Crippen molar-refractivity contribution in [3.05, 3.63) is 41.6 Å². The van der Waals surface area contributed by atoms with Gasteiger partial charge in [-0.2, -0.15) is 0 Å². The lowest BCUT2D eigenvalue weighted by molar-refractivity contribution is 0.871. The molecule has 0 aliphatic rings. The normalized spacial score (nSPS) is 9.92. The summed E-state index contributed by atoms with van der Waals surface area (Å²) in [5.41, 5.74) is 1.61. The van der Waals surface area contributed by atoms with Crippen LogP contribution in [0.25, 0.3) is 11.3 Å². The molecule has 0 fully saturated rings. The zero-order valence-corrected chi connectivity index (χ0v) is 7.44. The fraction of sp³-hybridized carbons (Fsp3) is 0. The Labute approximate surface area is 80.4 Å². The number of halogens is 1. The second-order valence-corrected chi connectivity index (χ2v) is 2.90. The summed E-state index contributed by atoms with van der Waals surface area (Å²) in [6.45, 7) is 0. The highest BCUT2D eigenvalue weighted by molar-refractivity contribution is 6.32. The van der Waals surface area contributed by atoms with Gasteiger partial charge in [0, 0.05) is 5.56 Å². The Morgan fingerprint density at radius 2 is 1.85 bits per heavy atom. The summed E-state index contributed by atoms with van der Waals surface area (Å²) in [5, 5.41) is 11.5. The summed E-state index contributed by atoms with van der Waals surface area (Å²) in [6.07, 6.45) is 1.48. The largest absolute Gasteiger partial charge is 0.137 e. The summed E-state index contributed by atoms with van der Waals surface area (Å²) in [4.78, 5) is 0. The maximum absolute atomic E-state index is 5.89. The molecular weight excluding hydrogens is 186 g/mol. The Hall–Kier alpha value is -1.48. The Morgan fingerprint density at radius 3 is 2.54 bits per heavy atom. The number of benzene rings is 1. The van der Waals surface area contributed by atoms with E-state index in [2.05, 4.69) is 15.4 Å². The average molecular weight is 192 g/mol. The third-order valence-electron chi connectivity index (χ3n) is 1.64. The summed E-state index contributed by atoms with van der Waals surface area (Å²) in [5.74, 6) is 0. The van der Waals surface area contributed by atoms with Crippen LogP contribution < -0.4 is 0 Å². The van der Waals surface area contributed by atoms with E-state index in [1.807, 2.05) is 30.3 Å². The summed E-state index contributed by atoms with van der Waals surface area (Å²) in [6, 6.07) is 9.64. The Morgan fingerprint density at radius 1 is 1.08 bits per heavy atom. The molecule has 2 rings (SSSR count). The number of hydrogen-bond acceptors (Lipinski definition) is 3. The third kappa shape index (κ3) is 1.65. The van der Waals surface area contributed by atoms with Gasteiger partial charge in [-0.3, -0.25) is 0 Å². The van der Waals surface area contributed by atoms with Crippen molar-refractivity contribution in [2.75, 3.05) is 0 Å². The van der Waals surface area contributed by atoms with E-state index < -0.39 is 0 Å². The Balaban J connectivity index is 2.54. The van der Waals surface area contributed by atoms with Crippen LogP contribution >= 0.6 is 11.6 Å². The minimum absolute atomic E-state index is 0.515. The van der Waals surface area contributed by atoms with Crippen LogP contribution in [-0.4, -0.2) is 15.4 Å². The van der Waals surface area contributed by atoms with Gasteiger partial charge in [0.1, 0.15) is 5.69 Å². The van der Waals surface area contributed by atoms with Gasteiger partial charge >= 0.3 is 0 Å². The SMILES string of the molecule is Clc1cnnnc1-c1ccccc1. The van der Waals surface area contributed by atoms with E-state index >= 15 is 0 Å². The first-order valence-electron chi connectivity index (χ1n) is 3.77. The molecule has 0 atom stereocenters. The molecule has 0 unspecified atom stereocenters. The van der Waals surface area contributed by atoms with Gasteiger partial charge < -0.3 is 0 Å². The van der Waals surface area contributed by atoms with Gasteiger partial charge in [-0.05, 0) is 5.21 Å². The van der Waals surface area contributed by atoms with E-state index in [1.54, 1.807) is 0 Å². The molecule has 13 heavy (non-hydrogen) atoms. The quantitative estimate of drug-likeness (QED) is 0.694. The van der Waals surface area contributed by atoms with Crippen LogP contribution in [0.15, 0.2) is 36.5 Å². The summed E-state index contributed by atoms with van der Waals surface area (Å²) >= 11 is 5.89. The van der Waals surface area contributed by atoms with E-state index in [1.165, 1.54) is 6.20 Å². The van der Waals surface area contributed by atoms with E-state index in [0.29, 0.717) is 10.7 Å². The molecule has 0 amide bonds. The zero-order chi connectivity index (χ0) is 9.10. The second-order valence-electron chi connectivity index (χ2n) is 2.50. The second kappa shape index (κ2) is 3.49. The van der Waals surface area contributed by atoms with Gasteiger partial charge in [0.25, 0.3) is 0 Å². The fourth-order valence-electron chi connectivity index (χ4n) is 1.05. The lowest BCUT2D eigenvalue weighted by Gasteiger charge is -1.99. The molecular formula is C9H6ClN3. The highest BCUT2D eigenvalue weighted by Crippen LogP contribution is 2.22. The highest BCUT2D eigenvalue weighted by Gasteiger charge is 2.03. The molecule has 0 spiro atoms. The number of nitrogens with zero attached hydrogens (tertiary/aromatic N) is 3. The molecule has 0 N–H and O–H groups in total. The molecule has 1 heterocycles. The molecule has 0 radical (unpaired) electrons. The standard InChI is InChI=1S/C9H6ClN3/c10-8-6-11-13-12-9(8)7-4-2-1-3-5-7/h1-6H. The molecule has 2 aromatic rings. The minimum Gasteiger partial charge on any atom is -0.137 e. The number of aromatic nitrogens is 3. The molecule has 0 aliphatic heterocycles. The first kappa shape index (κ1) is 8.13. The average Bonchev–Trinajstić information content (AvgIpc) is 2.20. The molecule has 64 valence electrons. The number of rotatable bonds is 1. The van der Waals surface area contributed by atoms with Crippen LogP contribution in [0.5, 0.6) is 0 Å². The minimum atomic E-state index is 0.515. The van der Waals surface area contributed by atoms with E-state index in [-0.39, 0.29) is 0 Å². The van der Waals surface area contributed by atoms with Crippen LogP contribution in [-0.2, 0) is 0 Å². The summed E-state index contributed by atoms with van der Waals surface area (Å²) < 4.78 is 0. The molecule has 0 saturated heterocycles. The lowest BCUT2D eigenvalue weighted by Crippen LogP contribution is -1.90. The van der Waals surface area contributed by atoms with Crippen LogP contribution in [0.1, 0.15) is 0 Å². The van der Waals surface area contributed by atoms with Gasteiger partial charge in [0.15, 0.2) is 0 Å². The molecule has 1 aromatic heterocycles. The maximum atomic E-state index is 5.89. The third-order valence-corrected chi connectivity index (χ3v) is 1.92. The molecule has 4 heteroatoms. The van der Waals surface area contributed by atoms with Crippen molar-refractivity contribution in [3.63, 3.8) is 0 Å². The van der Waals surface area contributed by atoms with Crippen molar-refractivity contribution < 1.29 is 0 Å². The van der Waals surface area contributed by atoms with Gasteiger partial charge in [-0.1, -0.05) is 41.9 Å². The van der Waals surface area contributed by atoms with E-state index in [0.717, 1.165) is 5.56 Å². The highest BCUT2D eigenvalue weighted by atomic mass is 35.5. The van der Waals surface area contributed by atoms with Crippen LogP contribution in [0.3, 0.4) is 0 Å². The predicted octanol–water partition coefficient (Wildman–Crippen LogP) is 2.19. The Kier molecular flexibility index (Phi) is 2.19. The predicted molar refractivity (Wildman–Crippen MR) is 50.3 cm³/mol. The zero-order valence-electron chi connectivity index (χ0n) is 6.68. The van der Waals surface area contributed by atoms with Crippen molar-refractivity contribution in [1.29, 1.82) is 0 Å². The smallest absolute Gasteiger partial charge is 0.115 e. The van der Waals surface area contributed by atoms with Crippen molar-refractivity contribution in [2.45, 2.75) is 0 Å². The van der Waals surface area contributed by atoms with Crippen molar-refractivity contribution in [3.8, 4) is 11.3 Å².